The van der Waals surface area contributed by atoms with Crippen molar-refractivity contribution in [1.29, 1.82) is 0 Å². The van der Waals surface area contributed by atoms with E-state index >= 15 is 0 Å². The maximum Gasteiger partial charge on any atom is 0.126 e. The zero-order valence-corrected chi connectivity index (χ0v) is 12.2. The van der Waals surface area contributed by atoms with Gasteiger partial charge in [-0.05, 0) is 37.0 Å². The summed E-state index contributed by atoms with van der Waals surface area (Å²) in [5.74, 6) is -0.265. The molecule has 0 aliphatic heterocycles. The van der Waals surface area contributed by atoms with E-state index in [2.05, 4.69) is 25.7 Å². The van der Waals surface area contributed by atoms with Crippen LogP contribution < -0.4 is 4.90 Å². The molecule has 0 fully saturated rings. The Morgan fingerprint density at radius 2 is 1.89 bits per heavy atom. The molecule has 1 aromatic rings. The third kappa shape index (κ3) is 3.70. The van der Waals surface area contributed by atoms with Gasteiger partial charge in [0.1, 0.15) is 5.82 Å². The summed E-state index contributed by atoms with van der Waals surface area (Å²) in [6, 6.07) is 3.25. The lowest BCUT2D eigenvalue weighted by molar-refractivity contribution is 0.199. The first-order chi connectivity index (χ1) is 8.11. The van der Waals surface area contributed by atoms with Crippen LogP contribution in [-0.4, -0.2) is 18.7 Å². The molecule has 0 aliphatic rings. The molecule has 0 saturated heterocycles. The van der Waals surface area contributed by atoms with Gasteiger partial charge < -0.3 is 10.0 Å². The van der Waals surface area contributed by atoms with Crippen molar-refractivity contribution in [2.24, 2.45) is 5.41 Å². The zero-order chi connectivity index (χ0) is 14.1. The van der Waals surface area contributed by atoms with Crippen molar-refractivity contribution in [1.82, 2.24) is 0 Å². The van der Waals surface area contributed by atoms with Crippen LogP contribution >= 0.6 is 0 Å². The fourth-order valence-corrected chi connectivity index (χ4v) is 2.14. The van der Waals surface area contributed by atoms with Crippen LogP contribution in [-0.2, 0) is 0 Å². The van der Waals surface area contributed by atoms with Gasteiger partial charge in [-0.3, -0.25) is 0 Å². The molecule has 0 bridgehead atoms. The summed E-state index contributed by atoms with van der Waals surface area (Å²) in [7, 11) is 1.98. The Bertz CT molecular complexity index is 421. The number of aliphatic hydroxyl groups is 1. The zero-order valence-electron chi connectivity index (χ0n) is 12.2. The SMILES string of the molecule is Cc1cc(N(C)CC(C)(C)C)c(C(C)O)cc1F. The van der Waals surface area contributed by atoms with E-state index in [0.29, 0.717) is 11.1 Å². The summed E-state index contributed by atoms with van der Waals surface area (Å²) >= 11 is 0. The summed E-state index contributed by atoms with van der Waals surface area (Å²) in [5.41, 5.74) is 2.30. The second-order valence-electron chi connectivity index (χ2n) is 6.25. The highest BCUT2D eigenvalue weighted by Crippen LogP contribution is 2.30. The van der Waals surface area contributed by atoms with E-state index in [9.17, 15) is 9.50 Å². The molecule has 2 nitrogen and oxygen atoms in total. The van der Waals surface area contributed by atoms with Crippen LogP contribution in [0, 0.1) is 18.2 Å². The van der Waals surface area contributed by atoms with E-state index in [1.54, 1.807) is 13.8 Å². The molecule has 1 aromatic carbocycles. The Balaban J connectivity index is 3.17. The first kappa shape index (κ1) is 15.0. The van der Waals surface area contributed by atoms with Crippen LogP contribution in [0.2, 0.25) is 0 Å². The van der Waals surface area contributed by atoms with Gasteiger partial charge in [0.05, 0.1) is 6.10 Å². The fraction of sp³-hybridized carbons (Fsp3) is 0.600. The standard InChI is InChI=1S/C15H24FNO/c1-10-7-14(17(6)9-15(3,4)5)12(11(2)18)8-13(10)16/h7-8,11,18H,9H2,1-6H3. The lowest BCUT2D eigenvalue weighted by atomic mass is 9.95. The van der Waals surface area contributed by atoms with Crippen LogP contribution in [0.5, 0.6) is 0 Å². The number of nitrogens with zero attached hydrogens (tertiary/aromatic N) is 1. The summed E-state index contributed by atoms with van der Waals surface area (Å²) < 4.78 is 13.6. The van der Waals surface area contributed by atoms with Gasteiger partial charge in [-0.1, -0.05) is 20.8 Å². The third-order valence-corrected chi connectivity index (χ3v) is 2.88. The Morgan fingerprint density at radius 1 is 1.33 bits per heavy atom. The van der Waals surface area contributed by atoms with Crippen molar-refractivity contribution in [3.8, 4) is 0 Å². The molecular weight excluding hydrogens is 229 g/mol. The largest absolute Gasteiger partial charge is 0.389 e. The predicted octanol–water partition coefficient (Wildman–Crippen LogP) is 3.67. The van der Waals surface area contributed by atoms with Crippen LogP contribution in [0.1, 0.15) is 44.9 Å². The van der Waals surface area contributed by atoms with Gasteiger partial charge in [-0.15, -0.1) is 0 Å². The number of hydrogen-bond acceptors (Lipinski definition) is 2. The molecule has 0 amide bonds. The monoisotopic (exact) mass is 253 g/mol. The lowest BCUT2D eigenvalue weighted by Gasteiger charge is -2.30. The van der Waals surface area contributed by atoms with Gasteiger partial charge in [0, 0.05) is 24.8 Å². The fourth-order valence-electron chi connectivity index (χ4n) is 2.14. The number of halogens is 1. The second kappa shape index (κ2) is 5.27. The van der Waals surface area contributed by atoms with Crippen molar-refractivity contribution in [2.75, 3.05) is 18.5 Å². The Morgan fingerprint density at radius 3 is 2.33 bits per heavy atom. The van der Waals surface area contributed by atoms with E-state index in [4.69, 9.17) is 0 Å². The summed E-state index contributed by atoms with van der Waals surface area (Å²) in [6.45, 7) is 10.7. The topological polar surface area (TPSA) is 23.5 Å². The summed E-state index contributed by atoms with van der Waals surface area (Å²) in [4.78, 5) is 2.08. The van der Waals surface area contributed by atoms with Crippen LogP contribution in [0.3, 0.4) is 0 Å². The minimum absolute atomic E-state index is 0.146. The number of benzene rings is 1. The molecular formula is C15H24FNO. The van der Waals surface area contributed by atoms with Gasteiger partial charge in [0.25, 0.3) is 0 Å². The van der Waals surface area contributed by atoms with Crippen LogP contribution in [0.15, 0.2) is 12.1 Å². The van der Waals surface area contributed by atoms with E-state index in [-0.39, 0.29) is 11.2 Å². The van der Waals surface area contributed by atoms with Gasteiger partial charge in [0.15, 0.2) is 0 Å². The van der Waals surface area contributed by atoms with Crippen LogP contribution in [0.4, 0.5) is 10.1 Å². The average Bonchev–Trinajstić information content (AvgIpc) is 2.18. The Hall–Kier alpha value is -1.09. The predicted molar refractivity (Wildman–Crippen MR) is 74.5 cm³/mol. The molecule has 3 heteroatoms. The number of anilines is 1. The number of hydrogen-bond donors (Lipinski definition) is 1. The molecule has 0 aromatic heterocycles. The Kier molecular flexibility index (Phi) is 4.38. The Labute approximate surface area is 109 Å². The molecule has 1 N–H and O–H groups in total. The normalized spacial score (nSPS) is 13.6. The molecule has 18 heavy (non-hydrogen) atoms. The summed E-state index contributed by atoms with van der Waals surface area (Å²) in [6.07, 6.45) is -0.669. The van der Waals surface area contributed by atoms with Gasteiger partial charge in [-0.2, -0.15) is 0 Å². The third-order valence-electron chi connectivity index (χ3n) is 2.88. The minimum Gasteiger partial charge on any atom is -0.389 e. The van der Waals surface area contributed by atoms with Crippen molar-refractivity contribution < 1.29 is 9.50 Å². The van der Waals surface area contributed by atoms with E-state index in [1.165, 1.54) is 6.07 Å². The van der Waals surface area contributed by atoms with E-state index < -0.39 is 6.10 Å². The quantitative estimate of drug-likeness (QED) is 0.888. The van der Waals surface area contributed by atoms with E-state index in [0.717, 1.165) is 12.2 Å². The molecule has 1 atom stereocenters. The smallest absolute Gasteiger partial charge is 0.126 e. The molecule has 0 spiro atoms. The van der Waals surface area contributed by atoms with Crippen molar-refractivity contribution in [3.05, 3.63) is 29.1 Å². The molecule has 1 unspecified atom stereocenters. The maximum atomic E-state index is 13.6. The first-order valence-electron chi connectivity index (χ1n) is 6.31. The van der Waals surface area contributed by atoms with E-state index in [1.807, 2.05) is 13.1 Å². The average molecular weight is 253 g/mol. The molecule has 0 aliphatic carbocycles. The maximum absolute atomic E-state index is 13.6. The molecule has 0 saturated carbocycles. The van der Waals surface area contributed by atoms with Crippen molar-refractivity contribution in [2.45, 2.75) is 40.7 Å². The van der Waals surface area contributed by atoms with Crippen molar-refractivity contribution >= 4 is 5.69 Å². The molecule has 0 heterocycles. The number of rotatable bonds is 3. The summed E-state index contributed by atoms with van der Waals surface area (Å²) in [5, 5.41) is 9.77. The van der Waals surface area contributed by atoms with Crippen molar-refractivity contribution in [3.63, 3.8) is 0 Å². The van der Waals surface area contributed by atoms with Gasteiger partial charge >= 0.3 is 0 Å². The lowest BCUT2D eigenvalue weighted by Crippen LogP contribution is -2.30. The highest BCUT2D eigenvalue weighted by molar-refractivity contribution is 5.56. The highest BCUT2D eigenvalue weighted by Gasteiger charge is 2.19. The highest BCUT2D eigenvalue weighted by atomic mass is 19.1. The first-order valence-corrected chi connectivity index (χ1v) is 6.31. The van der Waals surface area contributed by atoms with Crippen LogP contribution in [0.25, 0.3) is 0 Å². The molecule has 1 rings (SSSR count). The molecule has 102 valence electrons. The minimum atomic E-state index is -0.669. The van der Waals surface area contributed by atoms with Gasteiger partial charge in [0.2, 0.25) is 0 Å². The second-order valence-corrected chi connectivity index (χ2v) is 6.25. The number of aryl methyl sites for hydroxylation is 1. The van der Waals surface area contributed by atoms with Gasteiger partial charge in [-0.25, -0.2) is 4.39 Å². The number of aliphatic hydroxyl groups excluding tert-OH is 1. The molecule has 0 radical (unpaired) electrons.